The van der Waals surface area contributed by atoms with Gasteiger partial charge in [0.15, 0.2) is 5.65 Å². The summed E-state index contributed by atoms with van der Waals surface area (Å²) < 4.78 is 1.81. The Kier molecular flexibility index (Phi) is 3.96. The van der Waals surface area contributed by atoms with Crippen LogP contribution < -0.4 is 10.6 Å². The van der Waals surface area contributed by atoms with Gasteiger partial charge in [-0.15, -0.1) is 0 Å². The van der Waals surface area contributed by atoms with Crippen molar-refractivity contribution >= 4 is 28.6 Å². The molecule has 0 aliphatic heterocycles. The molecule has 3 N–H and O–H groups in total. The van der Waals surface area contributed by atoms with Crippen molar-refractivity contribution in [3.8, 4) is 0 Å². The summed E-state index contributed by atoms with van der Waals surface area (Å²) in [6.45, 7) is 8.61. The number of rotatable bonds is 4. The van der Waals surface area contributed by atoms with E-state index in [2.05, 4.69) is 30.7 Å². The van der Waals surface area contributed by atoms with Crippen LogP contribution >= 0.6 is 0 Å². The molecule has 0 unspecified atom stereocenters. The first kappa shape index (κ1) is 16.0. The van der Waals surface area contributed by atoms with Gasteiger partial charge in [-0.2, -0.15) is 5.10 Å². The van der Waals surface area contributed by atoms with Crippen molar-refractivity contribution in [1.82, 2.24) is 30.0 Å². The van der Waals surface area contributed by atoms with Gasteiger partial charge in [-0.1, -0.05) is 0 Å². The lowest BCUT2D eigenvalue weighted by atomic mass is 10.1. The number of carbonyl (C=O) groups excluding carboxylic acids is 1. The highest BCUT2D eigenvalue weighted by molar-refractivity contribution is 6.04. The van der Waals surface area contributed by atoms with Gasteiger partial charge in [-0.3, -0.25) is 9.48 Å². The van der Waals surface area contributed by atoms with Gasteiger partial charge in [0.25, 0.3) is 5.91 Å². The second-order valence-corrected chi connectivity index (χ2v) is 6.57. The molecule has 0 atom stereocenters. The number of fused-ring (bicyclic) bond motifs is 1. The normalized spacial score (nSPS) is 11.7. The van der Waals surface area contributed by atoms with Crippen LogP contribution in [0.1, 0.15) is 38.1 Å². The second kappa shape index (κ2) is 5.95. The van der Waals surface area contributed by atoms with Crippen molar-refractivity contribution < 1.29 is 4.79 Å². The quantitative estimate of drug-likeness (QED) is 0.683. The van der Waals surface area contributed by atoms with Crippen molar-refractivity contribution in [2.75, 3.05) is 5.32 Å². The fraction of sp³-hybridized carbons (Fsp3) is 0.375. The Morgan fingerprint density at radius 1 is 1.33 bits per heavy atom. The van der Waals surface area contributed by atoms with E-state index in [0.29, 0.717) is 22.5 Å². The third kappa shape index (κ3) is 3.37. The Balaban J connectivity index is 1.89. The number of aromatic nitrogens is 5. The molecule has 0 aliphatic carbocycles. The maximum atomic E-state index is 12.4. The Morgan fingerprint density at radius 3 is 2.79 bits per heavy atom. The molecule has 3 heterocycles. The van der Waals surface area contributed by atoms with E-state index in [-0.39, 0.29) is 11.4 Å². The summed E-state index contributed by atoms with van der Waals surface area (Å²) in [6.07, 6.45) is 6.86. The lowest BCUT2D eigenvalue weighted by Crippen LogP contribution is -2.40. The summed E-state index contributed by atoms with van der Waals surface area (Å²) in [6, 6.07) is 0. The van der Waals surface area contributed by atoms with Gasteiger partial charge in [-0.05, 0) is 27.7 Å². The lowest BCUT2D eigenvalue weighted by molar-refractivity contribution is 0.0921. The molecule has 126 valence electrons. The Bertz CT molecular complexity index is 872. The molecular formula is C16H21N7O. The predicted octanol–water partition coefficient (Wildman–Crippen LogP) is 2.45. The van der Waals surface area contributed by atoms with Gasteiger partial charge in [-0.25, -0.2) is 9.97 Å². The summed E-state index contributed by atoms with van der Waals surface area (Å²) in [5, 5.41) is 10.3. The molecule has 0 saturated heterocycles. The van der Waals surface area contributed by atoms with E-state index in [4.69, 9.17) is 0 Å². The topological polar surface area (TPSA) is 101 Å². The molecule has 3 aromatic rings. The first-order valence-corrected chi connectivity index (χ1v) is 7.82. The molecule has 3 rings (SSSR count). The van der Waals surface area contributed by atoms with Crippen molar-refractivity contribution in [2.45, 2.75) is 39.8 Å². The third-order valence-corrected chi connectivity index (χ3v) is 3.34. The van der Waals surface area contributed by atoms with Gasteiger partial charge >= 0.3 is 0 Å². The van der Waals surface area contributed by atoms with Crippen LogP contribution in [0.3, 0.4) is 0 Å². The molecule has 0 fully saturated rings. The number of nitrogens with one attached hydrogen (secondary N) is 3. The fourth-order valence-corrected chi connectivity index (χ4v) is 2.28. The standard InChI is InChI=1S/C16H21N7O/c1-5-23-9-10(6-19-23)20-12-8-18-14-13(21-12)11(7-17-14)15(24)22-16(2,3)4/h6-9H,5H2,1-4H3,(H,17,18)(H,20,21)(H,22,24). The van der Waals surface area contributed by atoms with Crippen LogP contribution in [0.4, 0.5) is 11.5 Å². The molecule has 0 saturated carbocycles. The summed E-state index contributed by atoms with van der Waals surface area (Å²) in [4.78, 5) is 24.2. The smallest absolute Gasteiger partial charge is 0.255 e. The minimum atomic E-state index is -0.321. The number of hydrogen-bond donors (Lipinski definition) is 3. The molecule has 0 radical (unpaired) electrons. The van der Waals surface area contributed by atoms with Crippen molar-refractivity contribution in [3.05, 3.63) is 30.4 Å². The van der Waals surface area contributed by atoms with Gasteiger partial charge in [0.2, 0.25) is 0 Å². The van der Waals surface area contributed by atoms with E-state index in [1.54, 1.807) is 18.6 Å². The molecule has 8 nitrogen and oxygen atoms in total. The highest BCUT2D eigenvalue weighted by atomic mass is 16.1. The van der Waals surface area contributed by atoms with E-state index in [1.807, 2.05) is 38.6 Å². The number of nitrogens with zero attached hydrogens (tertiary/aromatic N) is 4. The van der Waals surface area contributed by atoms with Crippen LogP contribution in [0.5, 0.6) is 0 Å². The third-order valence-electron chi connectivity index (χ3n) is 3.34. The molecule has 8 heteroatoms. The fourth-order valence-electron chi connectivity index (χ4n) is 2.28. The van der Waals surface area contributed by atoms with Crippen LogP contribution in [-0.2, 0) is 6.54 Å². The Morgan fingerprint density at radius 2 is 2.12 bits per heavy atom. The second-order valence-electron chi connectivity index (χ2n) is 6.57. The zero-order valence-electron chi connectivity index (χ0n) is 14.2. The van der Waals surface area contributed by atoms with E-state index in [0.717, 1.165) is 12.2 Å². The molecular weight excluding hydrogens is 306 g/mol. The average Bonchev–Trinajstić information content (AvgIpc) is 3.11. The molecule has 0 spiro atoms. The van der Waals surface area contributed by atoms with Gasteiger partial charge < -0.3 is 15.6 Å². The largest absolute Gasteiger partial charge is 0.347 e. The van der Waals surface area contributed by atoms with Gasteiger partial charge in [0.05, 0.1) is 23.6 Å². The van der Waals surface area contributed by atoms with Crippen molar-refractivity contribution in [2.24, 2.45) is 0 Å². The SMILES string of the molecule is CCn1cc(Nc2cnc3[nH]cc(C(=O)NC(C)(C)C)c3n2)cn1. The number of amides is 1. The molecule has 0 aliphatic rings. The monoisotopic (exact) mass is 327 g/mol. The molecule has 0 bridgehead atoms. The zero-order valence-corrected chi connectivity index (χ0v) is 14.2. The van der Waals surface area contributed by atoms with Crippen molar-refractivity contribution in [3.63, 3.8) is 0 Å². The zero-order chi connectivity index (χ0) is 17.3. The number of aromatic amines is 1. The summed E-state index contributed by atoms with van der Waals surface area (Å²) in [5.74, 6) is 0.376. The number of H-pyrrole nitrogens is 1. The maximum Gasteiger partial charge on any atom is 0.255 e. The molecule has 1 amide bonds. The van der Waals surface area contributed by atoms with Gasteiger partial charge in [0, 0.05) is 24.5 Å². The number of anilines is 2. The molecule has 24 heavy (non-hydrogen) atoms. The highest BCUT2D eigenvalue weighted by Crippen LogP contribution is 2.19. The summed E-state index contributed by atoms with van der Waals surface area (Å²) in [5.41, 5.74) is 2.08. The number of carbonyl (C=O) groups is 1. The van der Waals surface area contributed by atoms with Crippen LogP contribution in [0.25, 0.3) is 11.2 Å². The number of aryl methyl sites for hydroxylation is 1. The highest BCUT2D eigenvalue weighted by Gasteiger charge is 2.19. The minimum Gasteiger partial charge on any atom is -0.347 e. The Labute approximate surface area is 139 Å². The van der Waals surface area contributed by atoms with Crippen LogP contribution in [0.15, 0.2) is 24.8 Å². The molecule has 0 aromatic carbocycles. The van der Waals surface area contributed by atoms with E-state index in [9.17, 15) is 4.79 Å². The van der Waals surface area contributed by atoms with Crippen LogP contribution in [0.2, 0.25) is 0 Å². The Hall–Kier alpha value is -2.90. The van der Waals surface area contributed by atoms with Crippen LogP contribution in [-0.4, -0.2) is 36.2 Å². The van der Waals surface area contributed by atoms with Crippen molar-refractivity contribution in [1.29, 1.82) is 0 Å². The predicted molar refractivity (Wildman–Crippen MR) is 92.3 cm³/mol. The van der Waals surface area contributed by atoms with E-state index in [1.165, 1.54) is 0 Å². The van der Waals surface area contributed by atoms with E-state index < -0.39 is 0 Å². The minimum absolute atomic E-state index is 0.181. The maximum absolute atomic E-state index is 12.4. The van der Waals surface area contributed by atoms with Gasteiger partial charge in [0.1, 0.15) is 11.3 Å². The number of hydrogen-bond acceptors (Lipinski definition) is 5. The van der Waals surface area contributed by atoms with Crippen LogP contribution in [0, 0.1) is 0 Å². The average molecular weight is 327 g/mol. The van der Waals surface area contributed by atoms with E-state index >= 15 is 0 Å². The summed E-state index contributed by atoms with van der Waals surface area (Å²) >= 11 is 0. The summed E-state index contributed by atoms with van der Waals surface area (Å²) in [7, 11) is 0. The first-order valence-electron chi connectivity index (χ1n) is 7.82. The lowest BCUT2D eigenvalue weighted by Gasteiger charge is -2.20. The first-order chi connectivity index (χ1) is 11.4. The molecule has 3 aromatic heterocycles.